The Morgan fingerprint density at radius 3 is 2.69 bits per heavy atom. The summed E-state index contributed by atoms with van der Waals surface area (Å²) in [5, 5.41) is 22.3. The molecule has 2 aromatic carbocycles. The molecule has 2 aliphatic rings. The molecule has 19 heteroatoms. The zero-order valence-corrected chi connectivity index (χ0v) is 35.6. The van der Waals surface area contributed by atoms with Gasteiger partial charge in [0.25, 0.3) is 0 Å². The molecule has 1 amide bonds. The summed E-state index contributed by atoms with van der Waals surface area (Å²) in [5.41, 5.74) is 3.68. The van der Waals surface area contributed by atoms with Crippen LogP contribution in [0.2, 0.25) is 0 Å². The van der Waals surface area contributed by atoms with Crippen molar-refractivity contribution in [1.29, 1.82) is 0 Å². The number of hydrogen-bond donors (Lipinski definition) is 3. The van der Waals surface area contributed by atoms with Crippen LogP contribution >= 0.6 is 0 Å². The van der Waals surface area contributed by atoms with Crippen molar-refractivity contribution in [3.8, 4) is 17.0 Å². The maximum atomic E-state index is 16.2. The van der Waals surface area contributed by atoms with Gasteiger partial charge >= 0.3 is 0 Å². The molecule has 0 spiro atoms. The van der Waals surface area contributed by atoms with E-state index in [1.54, 1.807) is 38.6 Å². The third kappa shape index (κ3) is 8.85. The first kappa shape index (κ1) is 41.9. The average Bonchev–Trinajstić information content (AvgIpc) is 4.02. The molecule has 0 bridgehead atoms. The van der Waals surface area contributed by atoms with Crippen LogP contribution in [0.15, 0.2) is 66.2 Å². The summed E-state index contributed by atoms with van der Waals surface area (Å²) >= 11 is 0. The Bertz CT molecular complexity index is 2550. The van der Waals surface area contributed by atoms with Crippen molar-refractivity contribution in [3.05, 3.63) is 78.5 Å². The lowest BCUT2D eigenvalue weighted by Gasteiger charge is -2.38. The highest BCUT2D eigenvalue weighted by molar-refractivity contribution is 7.82. The molecule has 2 fully saturated rings. The van der Waals surface area contributed by atoms with Crippen LogP contribution in [0, 0.1) is 17.6 Å². The maximum Gasteiger partial charge on any atom is 0.247 e. The van der Waals surface area contributed by atoms with E-state index in [0.29, 0.717) is 76.2 Å². The van der Waals surface area contributed by atoms with Crippen LogP contribution in [0.4, 0.5) is 26.2 Å². The quantitative estimate of drug-likeness (QED) is 0.0992. The van der Waals surface area contributed by atoms with E-state index < -0.39 is 16.8 Å². The smallest absolute Gasteiger partial charge is 0.247 e. The molecular formula is C42H51F2N13O3S. The molecule has 3 N–H and O–H groups in total. The van der Waals surface area contributed by atoms with Crippen molar-refractivity contribution in [2.24, 2.45) is 13.0 Å². The van der Waals surface area contributed by atoms with Crippen molar-refractivity contribution in [1.82, 2.24) is 54.1 Å². The van der Waals surface area contributed by atoms with Crippen LogP contribution in [-0.2, 0) is 22.8 Å². The lowest BCUT2D eigenvalue weighted by Crippen LogP contribution is -2.43. The van der Waals surface area contributed by atoms with Gasteiger partial charge in [-0.1, -0.05) is 12.6 Å². The number of nitrogens with zero attached hydrogens (tertiary/aromatic N) is 10. The number of rotatable bonds is 16. The molecule has 0 saturated carbocycles. The predicted octanol–water partition coefficient (Wildman–Crippen LogP) is 5.91. The number of aryl methyl sites for hydroxylation is 1. The van der Waals surface area contributed by atoms with Gasteiger partial charge in [0.05, 0.1) is 22.9 Å². The summed E-state index contributed by atoms with van der Waals surface area (Å²) < 4.78 is 56.6. The molecule has 2 saturated heterocycles. The third-order valence-electron chi connectivity index (χ3n) is 11.5. The van der Waals surface area contributed by atoms with E-state index in [1.165, 1.54) is 26.5 Å². The molecule has 2 aliphatic heterocycles. The van der Waals surface area contributed by atoms with Crippen LogP contribution in [0.25, 0.3) is 27.8 Å². The van der Waals surface area contributed by atoms with Crippen molar-refractivity contribution >= 4 is 51.4 Å². The Balaban J connectivity index is 0.874. The van der Waals surface area contributed by atoms with Crippen molar-refractivity contribution in [3.63, 3.8) is 0 Å². The van der Waals surface area contributed by atoms with E-state index in [2.05, 4.69) is 52.5 Å². The van der Waals surface area contributed by atoms with Crippen LogP contribution < -0.4 is 20.3 Å². The zero-order chi connectivity index (χ0) is 42.8. The van der Waals surface area contributed by atoms with Crippen LogP contribution in [0.1, 0.15) is 57.4 Å². The molecule has 2 unspecified atom stereocenters. The SMILES string of the molecule is C=C(CCN(C=O)c1nn(C)c2c(F)c(C3CCN(CC4CCCN(S(=O)c5ccc(Nc6nc7c(OC(C)C)c(-c8cn[nH]c8)ncn7n6)c(F)c5)C4)CC3)ccc12)NC. The largest absolute Gasteiger partial charge is 0.485 e. The molecule has 16 nitrogen and oxygen atoms in total. The molecular weight excluding hydrogens is 805 g/mol. The summed E-state index contributed by atoms with van der Waals surface area (Å²) in [7, 11) is 1.94. The van der Waals surface area contributed by atoms with E-state index in [-0.39, 0.29) is 29.5 Å². The molecule has 2 atom stereocenters. The lowest BCUT2D eigenvalue weighted by molar-refractivity contribution is -0.107. The third-order valence-corrected chi connectivity index (χ3v) is 12.9. The van der Waals surface area contributed by atoms with E-state index in [9.17, 15) is 9.00 Å². The van der Waals surface area contributed by atoms with Gasteiger partial charge in [-0.15, -0.1) is 5.10 Å². The number of H-pyrrole nitrogens is 1. The van der Waals surface area contributed by atoms with E-state index in [4.69, 9.17) is 4.74 Å². The van der Waals surface area contributed by atoms with E-state index >= 15 is 8.78 Å². The van der Waals surface area contributed by atoms with Gasteiger partial charge in [-0.3, -0.25) is 19.5 Å². The second kappa shape index (κ2) is 18.1. The fourth-order valence-electron chi connectivity index (χ4n) is 8.35. The van der Waals surface area contributed by atoms with Gasteiger partial charge in [0.15, 0.2) is 17.4 Å². The number of aromatic nitrogens is 8. The molecule has 61 heavy (non-hydrogen) atoms. The van der Waals surface area contributed by atoms with Gasteiger partial charge in [-0.2, -0.15) is 19.7 Å². The normalized spacial score (nSPS) is 17.3. The molecule has 322 valence electrons. The van der Waals surface area contributed by atoms with E-state index in [0.717, 1.165) is 63.0 Å². The van der Waals surface area contributed by atoms with Crippen molar-refractivity contribution in [2.45, 2.75) is 62.9 Å². The minimum Gasteiger partial charge on any atom is -0.485 e. The topological polar surface area (TPSA) is 167 Å². The monoisotopic (exact) mass is 855 g/mol. The number of anilines is 3. The number of carbonyl (C=O) groups excluding carboxylic acids is 1. The molecule has 8 rings (SSSR count). The second-order valence-electron chi connectivity index (χ2n) is 16.0. The van der Waals surface area contributed by atoms with Gasteiger partial charge in [-0.05, 0) is 94.3 Å². The summed E-state index contributed by atoms with van der Waals surface area (Å²) in [6.07, 6.45) is 9.48. The van der Waals surface area contributed by atoms with Gasteiger partial charge < -0.3 is 20.3 Å². The van der Waals surface area contributed by atoms with Crippen LogP contribution in [0.5, 0.6) is 5.75 Å². The molecule has 6 heterocycles. The van der Waals surface area contributed by atoms with Gasteiger partial charge in [0.1, 0.15) is 34.3 Å². The first-order valence-electron chi connectivity index (χ1n) is 20.6. The highest BCUT2D eigenvalue weighted by atomic mass is 32.2. The molecule has 4 aromatic heterocycles. The first-order chi connectivity index (χ1) is 29.5. The summed E-state index contributed by atoms with van der Waals surface area (Å²) in [4.78, 5) is 25.4. The van der Waals surface area contributed by atoms with E-state index in [1.807, 2.05) is 30.3 Å². The summed E-state index contributed by atoms with van der Waals surface area (Å²) in [6.45, 7) is 11.9. The molecule has 0 radical (unpaired) electrons. The molecule has 6 aromatic rings. The second-order valence-corrected chi connectivity index (χ2v) is 17.5. The Labute approximate surface area is 354 Å². The number of hydrogen-bond acceptors (Lipinski definition) is 11. The lowest BCUT2D eigenvalue weighted by atomic mass is 9.87. The fraction of sp³-hybridized carbons (Fsp3) is 0.429. The minimum absolute atomic E-state index is 0.0558. The van der Waals surface area contributed by atoms with Crippen molar-refractivity contribution < 1.29 is 22.5 Å². The number of nitrogens with one attached hydrogen (secondary N) is 3. The number of aromatic amines is 1. The summed E-state index contributed by atoms with van der Waals surface area (Å²) in [5.74, 6) is 0.486. The van der Waals surface area contributed by atoms with Gasteiger partial charge in [0.2, 0.25) is 18.0 Å². The highest BCUT2D eigenvalue weighted by Gasteiger charge is 2.31. The average molecular weight is 856 g/mol. The number of piperidine rings is 2. The Morgan fingerprint density at radius 1 is 1.15 bits per heavy atom. The number of amides is 1. The summed E-state index contributed by atoms with van der Waals surface area (Å²) in [6, 6.07) is 8.26. The number of ether oxygens (including phenoxy) is 1. The van der Waals surface area contributed by atoms with Gasteiger partial charge in [-0.25, -0.2) is 22.3 Å². The van der Waals surface area contributed by atoms with Crippen LogP contribution in [0.3, 0.4) is 0 Å². The predicted molar refractivity (Wildman–Crippen MR) is 230 cm³/mol. The standard InChI is InChI=1S/C42H51F2N13O3S/c1-26(2)60-39-37(30-20-47-48-21-30)46-24-57-41(39)50-42(52-57)49-35-11-8-31(19-34(35)43)61(59)56-15-6-7-28(23-56)22-54-16-13-29(14-17-54)32-9-10-33-38(36(32)44)53(5)51-40(33)55(25-58)18-12-27(3)45-4/h8-11,19-21,24-26,28-29,45H,3,6-7,12-18,22-23H2,1-2,4-5H3,(H,47,48)(H,49,52). The van der Waals surface area contributed by atoms with Crippen molar-refractivity contribution in [2.75, 3.05) is 56.5 Å². The number of fused-ring (bicyclic) bond motifs is 2. The molecule has 0 aliphatic carbocycles. The van der Waals surface area contributed by atoms with Gasteiger partial charge in [0, 0.05) is 69.5 Å². The number of likely N-dealkylation sites (tertiary alicyclic amines) is 1. The first-order valence-corrected chi connectivity index (χ1v) is 21.7. The maximum absolute atomic E-state index is 16.2. The van der Waals surface area contributed by atoms with Crippen LogP contribution in [-0.4, -0.2) is 112 Å². The minimum atomic E-state index is -1.55. The number of carbonyl (C=O) groups is 1. The number of benzene rings is 2. The Morgan fingerprint density at radius 2 is 1.97 bits per heavy atom. The Hall–Kier alpha value is -5.79. The zero-order valence-electron chi connectivity index (χ0n) is 34.8. The highest BCUT2D eigenvalue weighted by Crippen LogP contribution is 2.37. The fourth-order valence-corrected chi connectivity index (χ4v) is 9.68. The number of halogens is 2. The Kier molecular flexibility index (Phi) is 12.4.